The molecular weight excluding hydrogens is 1630 g/mol. The van der Waals surface area contributed by atoms with E-state index in [1.807, 2.05) is 13.8 Å². The van der Waals surface area contributed by atoms with Gasteiger partial charge in [-0.05, 0) is 101 Å². The number of allylic oxidation sites excluding steroid dienone is 2. The van der Waals surface area contributed by atoms with Gasteiger partial charge in [-0.2, -0.15) is 49.9 Å². The van der Waals surface area contributed by atoms with Gasteiger partial charge in [-0.15, -0.1) is 60.4 Å². The molecule has 3 saturated heterocycles. The van der Waals surface area contributed by atoms with E-state index in [1.54, 1.807) is 31.2 Å². The molecule has 39 heteroatoms. The van der Waals surface area contributed by atoms with Crippen LogP contribution in [-0.4, -0.2) is 182 Å². The first-order chi connectivity index (χ1) is 45.0. The molecule has 0 spiro atoms. The first kappa shape index (κ1) is 105. The second-order valence-electron chi connectivity index (χ2n) is 23.1. The molecule has 0 aromatic heterocycles. The Labute approximate surface area is 652 Å². The number of hydrogen-bond donors (Lipinski definition) is 4. The van der Waals surface area contributed by atoms with Crippen molar-refractivity contribution in [1.29, 1.82) is 0 Å². The number of ether oxygens (including phenoxy) is 5. The van der Waals surface area contributed by atoms with Gasteiger partial charge in [0.2, 0.25) is 16.6 Å². The molecule has 0 aliphatic carbocycles. The number of aldehydes is 2. The van der Waals surface area contributed by atoms with E-state index in [-0.39, 0.29) is 112 Å². The Kier molecular flexibility index (Phi) is 71.3. The van der Waals surface area contributed by atoms with Crippen LogP contribution in [-0.2, 0) is 93.9 Å². The van der Waals surface area contributed by atoms with Gasteiger partial charge >= 0.3 is 76.5 Å². The zero-order chi connectivity index (χ0) is 73.7. The second kappa shape index (κ2) is 65.9. The summed E-state index contributed by atoms with van der Waals surface area (Å²) < 4.78 is 64.5. The Bertz CT molecular complexity index is 2320. The van der Waals surface area contributed by atoms with Crippen molar-refractivity contribution in [2.75, 3.05) is 57.4 Å². The summed E-state index contributed by atoms with van der Waals surface area (Å²) in [7, 11) is 10.9. The number of thioether (sulfide) groups is 3. The molecule has 1 radical (unpaired) electrons. The SMILES string of the molecule is C=C(/C=C/OC)O[Si](C)(C)C.C=C(O[Si](C)(C)C)SCC.C=C1C[C@H](CC(=O)SCC)O[C@@H](CCOB(P)S)C1.C=C1C[C@H](CC=O)O[C@@H](CCOB(P)S)C1.CCSC(=O)C[C@H]1CC(=O)C[C@H](CCOB(P)S)O1.I.O=C1C=CO[C@@H](CCOB(P)S)C1.[B]=[S-](=P)OCCC=O. The Morgan fingerprint density at radius 2 is 1.03 bits per heavy atom. The Morgan fingerprint density at radius 3 is 1.41 bits per heavy atom. The van der Waals surface area contributed by atoms with Gasteiger partial charge in [-0.1, -0.05) is 93.5 Å². The number of hydrogen-bond acceptors (Lipinski definition) is 26. The van der Waals surface area contributed by atoms with Crippen molar-refractivity contribution in [3.05, 3.63) is 73.0 Å². The van der Waals surface area contributed by atoms with Gasteiger partial charge in [0.1, 0.15) is 23.3 Å². The van der Waals surface area contributed by atoms with Crippen LogP contribution in [0, 0.1) is 0 Å². The van der Waals surface area contributed by atoms with Crippen molar-refractivity contribution in [3.63, 3.8) is 0 Å². The van der Waals surface area contributed by atoms with Crippen molar-refractivity contribution in [3.8, 4) is 0 Å². The van der Waals surface area contributed by atoms with Crippen LogP contribution >= 0.6 is 154 Å². The minimum atomic E-state index is -1.48. The van der Waals surface area contributed by atoms with Crippen LogP contribution < -0.4 is 0 Å². The van der Waals surface area contributed by atoms with Crippen molar-refractivity contribution in [1.82, 2.24) is 0 Å². The molecule has 0 amide bonds. The van der Waals surface area contributed by atoms with Gasteiger partial charge in [-0.3, -0.25) is 19.2 Å². The summed E-state index contributed by atoms with van der Waals surface area (Å²) in [5.74, 6) is 2.98. The van der Waals surface area contributed by atoms with Crippen molar-refractivity contribution in [2.45, 2.75) is 199 Å². The number of rotatable bonds is 36. The molecule has 0 bridgehead atoms. The van der Waals surface area contributed by atoms with E-state index in [2.05, 4.69) is 167 Å². The molecule has 18 nitrogen and oxygen atoms in total. The predicted molar refractivity (Wildman–Crippen MR) is 462 cm³/mol. The third-order valence-electron chi connectivity index (χ3n) is 11.8. The standard InChI is InChI=1S/C12H22BO3PS2.C11H20BO4PS2.C10H18BO3PS.C8H16O2Si.C7H12BO3PS.C7H16OSSi.C3H6BO2PS.HI/c1-3-19-12(14)8-11-7-9(2)6-10(16-11)4-5-15-13(17)18;1-2-19-11(14)7-10-6-8(13)5-9(16-10)3-4-15-12(17)18;1-8-6-9(2-4-12)14-10(7-8)3-5-13-11(15)16;1-8(6-7-9-2)10-11(3,4)5;9-6-1-3-10-7(5-6)2-4-11-8(12)13;1-6-9-7(2)8-10(3,4)5;4-8(7)6-3-1-2-5;/h10-11,18H,2-8,17H2,1H3;9-10,18H,2-7,17H2,1H3;4,9-10,16H,1-3,5-7,15H2;6-7H,1H2,2-5H3;1,3,7,13H,2,4-5,12H2;2,6H2,1,3-5H3;2,7H,1,3H2;1H/q;;;;;;-1;/b;;;7-6+;;;;/t10-,11+;9-,10+;9-,10-;;7-;;;/m000.0.../s1. The molecule has 4 aliphatic rings. The van der Waals surface area contributed by atoms with E-state index in [0.717, 1.165) is 85.4 Å². The maximum atomic E-state index is 11.7. The second-order valence-corrected chi connectivity index (χ2v) is 44.6. The third-order valence-corrected chi connectivity index (χ3v) is 18.0. The summed E-state index contributed by atoms with van der Waals surface area (Å²) >= 11 is 20.7. The molecule has 4 aliphatic heterocycles. The van der Waals surface area contributed by atoms with E-state index in [4.69, 9.17) is 62.1 Å². The average Bonchev–Trinajstić information content (AvgIpc) is 0.923. The summed E-state index contributed by atoms with van der Waals surface area (Å²) in [5, 5.41) is 1.18. The van der Waals surface area contributed by atoms with E-state index >= 15 is 0 Å². The van der Waals surface area contributed by atoms with Crippen LogP contribution in [0.2, 0.25) is 39.3 Å². The van der Waals surface area contributed by atoms with Crippen LogP contribution in [0.4, 0.5) is 0 Å². The summed E-state index contributed by atoms with van der Waals surface area (Å²) in [4.78, 5) is 65.9. The van der Waals surface area contributed by atoms with E-state index in [0.29, 0.717) is 90.2 Å². The fourth-order valence-electron chi connectivity index (χ4n) is 8.27. The number of Topliss-reactive ketones (excluding diaryl/α,β-unsaturated/α-hetero) is 1. The maximum absolute atomic E-state index is 11.7. The molecule has 0 aromatic carbocycles. The molecule has 555 valence electrons. The van der Waals surface area contributed by atoms with Gasteiger partial charge in [0.15, 0.2) is 16.0 Å². The van der Waals surface area contributed by atoms with Gasteiger partial charge < -0.3 is 55.9 Å². The fraction of sp³-hybridized carbons (Fsp3) is 0.690. The van der Waals surface area contributed by atoms with Crippen LogP contribution in [0.5, 0.6) is 0 Å². The summed E-state index contributed by atoms with van der Waals surface area (Å²) in [6.07, 6.45) is 16.9. The first-order valence-electron chi connectivity index (χ1n) is 31.5. The Balaban J connectivity index is -0.000000529. The third kappa shape index (κ3) is 73.0. The number of halogens is 1. The first-order valence-corrected chi connectivity index (χ1v) is 48.4. The van der Waals surface area contributed by atoms with Crippen molar-refractivity contribution < 1.29 is 84.1 Å². The zero-order valence-corrected chi connectivity index (χ0v) is 75.3. The molecule has 97 heavy (non-hydrogen) atoms. The van der Waals surface area contributed by atoms with E-state index in [1.165, 1.54) is 41.4 Å². The van der Waals surface area contributed by atoms with Crippen LogP contribution in [0.25, 0.3) is 0 Å². The van der Waals surface area contributed by atoms with Crippen molar-refractivity contribution >= 4 is 245 Å². The Hall–Kier alpha value is 1.65. The van der Waals surface area contributed by atoms with E-state index < -0.39 is 26.4 Å². The monoisotopic (exact) mass is 1740 g/mol. The normalized spacial score (nSPS) is 19.5. The topological polar surface area (TPSA) is 213 Å². The summed E-state index contributed by atoms with van der Waals surface area (Å²) in [6, 6.07) is 0. The number of methoxy groups -OCH3 is 1. The molecular formula is C58H111B5IO18P5S8Si2-. The number of thiol groups is 4. The van der Waals surface area contributed by atoms with Crippen LogP contribution in [0.15, 0.2) is 73.0 Å². The number of carbonyl (C=O) groups excluding carboxylic acids is 6. The van der Waals surface area contributed by atoms with Gasteiger partial charge in [0, 0.05) is 83.5 Å². The molecule has 3 fully saturated rings. The molecule has 4 rings (SSSR count). The van der Waals surface area contributed by atoms with Crippen molar-refractivity contribution in [2.24, 2.45) is 0 Å². The molecule has 0 aromatic rings. The van der Waals surface area contributed by atoms with Crippen LogP contribution in [0.1, 0.15) is 117 Å². The van der Waals surface area contributed by atoms with E-state index in [9.17, 15) is 28.8 Å². The van der Waals surface area contributed by atoms with Gasteiger partial charge in [0.25, 0.3) is 0 Å². The molecule has 11 atom stereocenters. The average molecular weight is 1750 g/mol. The Morgan fingerprint density at radius 1 is 0.639 bits per heavy atom. The summed E-state index contributed by atoms with van der Waals surface area (Å²) in [5.41, 5.74) is 2.33. The zero-order valence-electron chi connectivity index (χ0n) is 58.5. The predicted octanol–water partition coefficient (Wildman–Crippen LogP) is 14.3. The molecule has 0 N–H and O–H groups in total. The molecule has 4 unspecified atom stereocenters. The quantitative estimate of drug-likeness (QED) is 0.00439. The van der Waals surface area contributed by atoms with Gasteiger partial charge in [0.05, 0.1) is 62.0 Å². The molecule has 0 saturated carbocycles. The van der Waals surface area contributed by atoms with Crippen LogP contribution in [0.3, 0.4) is 0 Å². The fourth-order valence-corrected chi connectivity index (χ4v) is 13.9. The minimum absolute atomic E-state index is 0. The molecule has 4 heterocycles. The van der Waals surface area contributed by atoms with Gasteiger partial charge in [-0.25, -0.2) is 0 Å². The number of ketones is 2. The summed E-state index contributed by atoms with van der Waals surface area (Å²) in [6.45, 7) is 42.2. The number of carbonyl (C=O) groups is 6.